The Hall–Kier alpha value is -4.53. The number of rotatable bonds is 9. The monoisotopic (exact) mass is 751 g/mol. The Bertz CT molecular complexity index is 2130. The van der Waals surface area contributed by atoms with Crippen molar-refractivity contribution in [3.8, 4) is 22.9 Å². The minimum absolute atomic E-state index is 0.0135. The molecule has 1 spiro atoms. The number of halogens is 5. The molecule has 2 aliphatic carbocycles. The zero-order valence-electron chi connectivity index (χ0n) is 30.0. The van der Waals surface area contributed by atoms with E-state index in [0.717, 1.165) is 53.3 Å². The van der Waals surface area contributed by atoms with Crippen LogP contribution in [0, 0.1) is 12.3 Å². The Kier molecular flexibility index (Phi) is 8.32. The Morgan fingerprint density at radius 1 is 1.04 bits per heavy atom. The molecule has 0 radical (unpaired) electrons. The molecule has 9 rings (SSSR count). The maximum absolute atomic E-state index is 14.0. The number of anilines is 1. The number of hydrogen-bond acceptors (Lipinski definition) is 8. The predicted molar refractivity (Wildman–Crippen MR) is 192 cm³/mol. The van der Waals surface area contributed by atoms with E-state index in [1.165, 1.54) is 6.08 Å². The highest BCUT2D eigenvalue weighted by molar-refractivity contribution is 6.06. The number of benzene rings is 2. The summed E-state index contributed by atoms with van der Waals surface area (Å²) >= 11 is 0. The number of nitrogens with zero attached hydrogens (tertiary/aromatic N) is 6. The van der Waals surface area contributed by atoms with Crippen LogP contribution in [0.15, 0.2) is 37.1 Å². The zero-order chi connectivity index (χ0) is 37.6. The van der Waals surface area contributed by atoms with Crippen LogP contribution in [0.5, 0.6) is 11.8 Å². The summed E-state index contributed by atoms with van der Waals surface area (Å²) in [6.45, 7) is 6.60. The Morgan fingerprint density at radius 3 is 2.46 bits per heavy atom. The van der Waals surface area contributed by atoms with Gasteiger partial charge in [0.2, 0.25) is 5.91 Å². The summed E-state index contributed by atoms with van der Waals surface area (Å²) in [4.78, 5) is 27.7. The standard InChI is InChI=1S/C39H42F5N7O3/c1-3-30(52)51-18-37(19-51)8-11-49(12-9-37)35-27-16-26(23-5-6-23)32(31-22(2)4-7-29-28(31)17-45-48-29)34(53-21-39(42,43)44)33(27)46-36(47-35)54-25-14-24(15-25)50-13-10-38(40,41)20-50/h3-4,7,16-17,23-25H,1,5-6,8-15,18-21H2,2H3,(H,45,48). The maximum Gasteiger partial charge on any atom is 0.422 e. The number of likely N-dealkylation sites (tertiary alicyclic amines) is 2. The molecule has 0 atom stereocenters. The third-order valence-corrected chi connectivity index (χ3v) is 12.1. The number of amides is 1. The lowest BCUT2D eigenvalue weighted by Gasteiger charge is -2.54. The van der Waals surface area contributed by atoms with Crippen molar-refractivity contribution in [2.75, 3.05) is 50.8 Å². The van der Waals surface area contributed by atoms with Gasteiger partial charge in [0.05, 0.1) is 18.3 Å². The number of carbonyl (C=O) groups excluding carboxylic acids is 1. The number of nitrogens with one attached hydrogen (secondary N) is 1. The molecule has 4 aromatic rings. The highest BCUT2D eigenvalue weighted by atomic mass is 19.4. The van der Waals surface area contributed by atoms with E-state index in [1.54, 1.807) is 16.0 Å². The minimum atomic E-state index is -4.62. The van der Waals surface area contributed by atoms with Crippen LogP contribution in [0.25, 0.3) is 32.9 Å². The Balaban J connectivity index is 1.14. The number of fused-ring (bicyclic) bond motifs is 2. The molecule has 5 aliphatic rings. The van der Waals surface area contributed by atoms with Crippen molar-refractivity contribution in [2.45, 2.75) is 82.0 Å². The number of ether oxygens (including phenoxy) is 2. The normalized spacial score (nSPS) is 23.8. The second kappa shape index (κ2) is 12.8. The zero-order valence-corrected chi connectivity index (χ0v) is 30.0. The van der Waals surface area contributed by atoms with Crippen molar-refractivity contribution in [3.63, 3.8) is 0 Å². The molecule has 2 aromatic heterocycles. The number of alkyl halides is 5. The molecule has 10 nitrogen and oxygen atoms in total. The van der Waals surface area contributed by atoms with Crippen molar-refractivity contribution in [3.05, 3.63) is 48.2 Å². The first kappa shape index (κ1) is 35.2. The summed E-state index contributed by atoms with van der Waals surface area (Å²) in [7, 11) is 0. The molecule has 3 saturated heterocycles. The Morgan fingerprint density at radius 2 is 1.80 bits per heavy atom. The van der Waals surface area contributed by atoms with Crippen molar-refractivity contribution < 1.29 is 36.2 Å². The molecule has 15 heteroatoms. The van der Waals surface area contributed by atoms with Gasteiger partial charge in [0, 0.05) is 79.8 Å². The molecule has 3 aliphatic heterocycles. The fourth-order valence-corrected chi connectivity index (χ4v) is 8.95. The van der Waals surface area contributed by atoms with E-state index < -0.39 is 18.7 Å². The Labute approximate surface area is 308 Å². The van der Waals surface area contributed by atoms with Gasteiger partial charge in [-0.3, -0.25) is 14.8 Å². The smallest absolute Gasteiger partial charge is 0.422 e. The molecule has 2 aromatic carbocycles. The van der Waals surface area contributed by atoms with Crippen LogP contribution in [0.4, 0.5) is 27.8 Å². The summed E-state index contributed by atoms with van der Waals surface area (Å²) in [6, 6.07) is 5.81. The van der Waals surface area contributed by atoms with E-state index in [9.17, 15) is 26.7 Å². The first-order chi connectivity index (χ1) is 25.8. The number of hydrogen-bond donors (Lipinski definition) is 1. The van der Waals surface area contributed by atoms with Gasteiger partial charge in [-0.15, -0.1) is 0 Å². The lowest BCUT2D eigenvalue weighted by molar-refractivity contribution is -0.153. The van der Waals surface area contributed by atoms with Crippen LogP contribution in [-0.2, 0) is 4.79 Å². The van der Waals surface area contributed by atoms with Crippen molar-refractivity contribution in [1.82, 2.24) is 30.0 Å². The van der Waals surface area contributed by atoms with Crippen LogP contribution < -0.4 is 14.4 Å². The number of piperidine rings is 1. The van der Waals surface area contributed by atoms with Gasteiger partial charge < -0.3 is 19.3 Å². The SMILES string of the molecule is C=CC(=O)N1CC2(CCN(c3nc(OC4CC(N5CCC(F)(F)C5)C4)nc4c(OCC(F)(F)F)c(-c5c(C)ccc6[nH]ncc56)c(C5CC5)cc34)CC2)C1. The second-order valence-electron chi connectivity index (χ2n) is 16.0. The minimum Gasteiger partial charge on any atom is -0.481 e. The number of aryl methyl sites for hydroxylation is 1. The molecule has 5 heterocycles. The highest BCUT2D eigenvalue weighted by Crippen LogP contribution is 2.53. The van der Waals surface area contributed by atoms with Gasteiger partial charge in [-0.1, -0.05) is 12.6 Å². The summed E-state index contributed by atoms with van der Waals surface area (Å²) in [6.07, 6.45) is 2.29. The number of H-pyrrole nitrogens is 1. The van der Waals surface area contributed by atoms with Gasteiger partial charge in [0.15, 0.2) is 12.4 Å². The largest absolute Gasteiger partial charge is 0.481 e. The van der Waals surface area contributed by atoms with E-state index in [2.05, 4.69) is 21.7 Å². The molecule has 54 heavy (non-hydrogen) atoms. The fraction of sp³-hybridized carbons (Fsp3) is 0.538. The first-order valence-electron chi connectivity index (χ1n) is 18.7. The maximum atomic E-state index is 14.0. The van der Waals surface area contributed by atoms with Gasteiger partial charge in [0.25, 0.3) is 5.92 Å². The predicted octanol–water partition coefficient (Wildman–Crippen LogP) is 7.17. The van der Waals surface area contributed by atoms with Crippen LogP contribution in [0.2, 0.25) is 0 Å². The average molecular weight is 752 g/mol. The number of aromatic amines is 1. The molecular weight excluding hydrogens is 709 g/mol. The average Bonchev–Trinajstić information content (AvgIpc) is 3.73. The molecule has 0 bridgehead atoms. The van der Waals surface area contributed by atoms with Crippen molar-refractivity contribution >= 4 is 33.5 Å². The van der Waals surface area contributed by atoms with Crippen LogP contribution in [0.1, 0.15) is 62.0 Å². The lowest BCUT2D eigenvalue weighted by atomic mass is 9.72. The van der Waals surface area contributed by atoms with Gasteiger partial charge in [0.1, 0.15) is 17.4 Å². The van der Waals surface area contributed by atoms with Crippen LogP contribution in [-0.4, -0.2) is 106 Å². The van der Waals surface area contributed by atoms with Gasteiger partial charge in [-0.2, -0.15) is 28.2 Å². The summed E-state index contributed by atoms with van der Waals surface area (Å²) in [5, 5.41) is 8.59. The van der Waals surface area contributed by atoms with E-state index in [4.69, 9.17) is 19.4 Å². The van der Waals surface area contributed by atoms with E-state index >= 15 is 0 Å². The van der Waals surface area contributed by atoms with E-state index in [1.807, 2.05) is 25.1 Å². The van der Waals surface area contributed by atoms with Crippen LogP contribution >= 0.6 is 0 Å². The van der Waals surface area contributed by atoms with Gasteiger partial charge in [-0.05, 0) is 73.4 Å². The summed E-state index contributed by atoms with van der Waals surface area (Å²) in [5.74, 6) is -2.09. The van der Waals surface area contributed by atoms with E-state index in [-0.39, 0.29) is 59.6 Å². The van der Waals surface area contributed by atoms with Gasteiger partial charge >= 0.3 is 12.2 Å². The first-order valence-corrected chi connectivity index (χ1v) is 18.7. The highest BCUT2D eigenvalue weighted by Gasteiger charge is 2.48. The van der Waals surface area contributed by atoms with E-state index in [0.29, 0.717) is 62.3 Å². The third kappa shape index (κ3) is 6.41. The topological polar surface area (TPSA) is 99.7 Å². The van der Waals surface area contributed by atoms with Crippen molar-refractivity contribution in [1.29, 1.82) is 0 Å². The molecule has 286 valence electrons. The summed E-state index contributed by atoms with van der Waals surface area (Å²) < 4.78 is 82.3. The number of aromatic nitrogens is 4. The van der Waals surface area contributed by atoms with Gasteiger partial charge in [-0.25, -0.2) is 8.78 Å². The second-order valence-corrected chi connectivity index (χ2v) is 16.0. The molecule has 1 N–H and O–H groups in total. The molecular formula is C39H42F5N7O3. The molecule has 0 unspecified atom stereocenters. The molecule has 5 fully saturated rings. The summed E-state index contributed by atoms with van der Waals surface area (Å²) in [5.41, 5.74) is 3.98. The lowest BCUT2D eigenvalue weighted by Crippen LogP contribution is -2.61. The van der Waals surface area contributed by atoms with Crippen LogP contribution in [0.3, 0.4) is 0 Å². The number of carbonyl (C=O) groups is 1. The third-order valence-electron chi connectivity index (χ3n) is 12.1. The molecule has 2 saturated carbocycles. The quantitative estimate of drug-likeness (QED) is 0.142. The fourth-order valence-electron chi connectivity index (χ4n) is 8.95. The molecule has 1 amide bonds. The van der Waals surface area contributed by atoms with Crippen molar-refractivity contribution in [2.24, 2.45) is 5.41 Å².